The van der Waals surface area contributed by atoms with Crippen molar-refractivity contribution in [1.29, 1.82) is 0 Å². The Kier molecular flexibility index (Phi) is 40.4. The molecule has 0 saturated heterocycles. The largest absolute Gasteiger partial charge is 0.481 e. The van der Waals surface area contributed by atoms with Gasteiger partial charge in [-0.1, -0.05) is 156 Å². The first kappa shape index (κ1) is 100. The van der Waals surface area contributed by atoms with Crippen molar-refractivity contribution in [1.82, 2.24) is 61.1 Å². The van der Waals surface area contributed by atoms with Crippen LogP contribution in [0.25, 0.3) is 65.1 Å². The van der Waals surface area contributed by atoms with Crippen LogP contribution in [0.1, 0.15) is 234 Å². The molecule has 10 N–H and O–H groups in total. The number of hydrogen-bond donors (Lipinski definition) is 8. The van der Waals surface area contributed by atoms with Gasteiger partial charge >= 0.3 is 30.2 Å². The van der Waals surface area contributed by atoms with Crippen LogP contribution >= 0.6 is 90.7 Å². The van der Waals surface area contributed by atoms with Crippen LogP contribution in [0.4, 0.5) is 14.4 Å². The fourth-order valence-electron chi connectivity index (χ4n) is 13.3. The molecule has 2 aliphatic carbocycles. The molecule has 0 atom stereocenters. The second-order valence-electron chi connectivity index (χ2n) is 30.7. The normalized spacial score (nSPS) is 11.6. The van der Waals surface area contributed by atoms with E-state index in [1.807, 2.05) is 102 Å². The molecular weight excluding hydrogens is 1790 g/mol. The van der Waals surface area contributed by atoms with E-state index in [2.05, 4.69) is 130 Å². The predicted octanol–water partition coefficient (Wildman–Crippen LogP) is 20.1. The van der Waals surface area contributed by atoms with Crippen LogP contribution in [-0.2, 0) is 49.5 Å². The van der Waals surface area contributed by atoms with Gasteiger partial charge in [-0.15, -0.1) is 90.7 Å². The number of ketones is 3. The molecule has 0 unspecified atom stereocenters. The minimum atomic E-state index is -1.06. The smallest absolute Gasteiger partial charge is 0.407 e. The minimum Gasteiger partial charge on any atom is -0.481 e. The van der Waals surface area contributed by atoms with Crippen molar-refractivity contribution >= 4 is 144 Å². The molecule has 0 radical (unpaired) electrons. The Bertz CT molecular complexity index is 5570. The van der Waals surface area contributed by atoms with Gasteiger partial charge in [0.15, 0.2) is 23.0 Å². The fourth-order valence-corrected chi connectivity index (χ4v) is 19.9. The number of ether oxygens (including phenoxy) is 3. The van der Waals surface area contributed by atoms with Crippen LogP contribution < -0.4 is 32.7 Å². The van der Waals surface area contributed by atoms with Crippen LogP contribution in [-0.4, -0.2) is 162 Å². The van der Waals surface area contributed by atoms with Crippen molar-refractivity contribution in [3.05, 3.63) is 205 Å². The molecule has 28 nitrogen and oxygen atoms in total. The molecule has 682 valence electrons. The number of carboxylic acids is 2. The highest BCUT2D eigenvalue weighted by Crippen LogP contribution is 2.46. The summed E-state index contributed by atoms with van der Waals surface area (Å²) in [5.74, 6) is -1.94. The lowest BCUT2D eigenvalue weighted by Gasteiger charge is -2.19. The van der Waals surface area contributed by atoms with Crippen molar-refractivity contribution in [2.45, 2.75) is 181 Å². The lowest BCUT2D eigenvalue weighted by atomic mass is 9.98. The third-order valence-corrected chi connectivity index (χ3v) is 26.8. The number of nitrogens with zero attached hydrogens (tertiary/aromatic N) is 8. The maximum absolute atomic E-state index is 12.4. The summed E-state index contributed by atoms with van der Waals surface area (Å²) < 4.78 is 16.1. The fraction of sp³-hybridized carbons (Fsp3) is 0.387. The number of carbonyl (C=O) groups excluding carboxylic acids is 7. The van der Waals surface area contributed by atoms with Crippen LogP contribution in [0.2, 0.25) is 0 Å². The maximum atomic E-state index is 12.4. The molecule has 0 fully saturated rings. The number of unbranched alkanes of at least 4 members (excludes halogenated alkanes) is 6. The quantitative estimate of drug-likeness (QED) is 0.0100. The number of nitrogens with two attached hydrogens (primary N) is 2. The predicted molar refractivity (Wildman–Crippen MR) is 513 cm³/mol. The zero-order valence-corrected chi connectivity index (χ0v) is 79.4. The summed E-state index contributed by atoms with van der Waals surface area (Å²) in [6.45, 7) is 15.4. The number of carboxylic acid groups (broad SMARTS) is 2. The third kappa shape index (κ3) is 31.4. The Balaban J connectivity index is 0.000000175. The van der Waals surface area contributed by atoms with Crippen molar-refractivity contribution < 1.29 is 67.6 Å². The number of aromatic nitrogens is 8. The molecule has 12 aromatic rings. The van der Waals surface area contributed by atoms with Gasteiger partial charge in [-0.25, -0.2) is 59.0 Å². The highest BCUT2D eigenvalue weighted by atomic mass is 32.1. The number of alkyl carbamates (subject to hydrolysis) is 3. The monoisotopic (exact) mass is 1900 g/mol. The Morgan fingerprint density at radius 2 is 0.690 bits per heavy atom. The summed E-state index contributed by atoms with van der Waals surface area (Å²) in [6, 6.07) is 33.0. The van der Waals surface area contributed by atoms with E-state index in [-0.39, 0.29) is 66.3 Å². The molecule has 0 bridgehead atoms. The Hall–Kier alpha value is -10.9. The molecule has 0 spiro atoms. The summed E-state index contributed by atoms with van der Waals surface area (Å²) in [5.41, 5.74) is 24.5. The number of aliphatic carboxylic acids is 1. The van der Waals surface area contributed by atoms with Crippen LogP contribution in [0, 0.1) is 0 Å². The van der Waals surface area contributed by atoms with E-state index in [1.165, 1.54) is 129 Å². The average Bonchev–Trinajstić information content (AvgIpc) is 1.62. The first-order valence-corrected chi connectivity index (χ1v) is 49.9. The van der Waals surface area contributed by atoms with Crippen LogP contribution in [0.3, 0.4) is 0 Å². The number of amides is 4. The highest BCUT2D eigenvalue weighted by Gasteiger charge is 2.32. The Morgan fingerprint density at radius 3 is 1.01 bits per heavy atom. The second kappa shape index (κ2) is 52.1. The second-order valence-corrected chi connectivity index (χ2v) is 37.9. The molecule has 4 amide bonds. The summed E-state index contributed by atoms with van der Waals surface area (Å²) in [5, 5.41) is 49.6. The van der Waals surface area contributed by atoms with Gasteiger partial charge < -0.3 is 57.2 Å². The molecule has 8 heterocycles. The SMILES string of the molecule is CC(C)(C)OC(=O)NCCCN.CCCCCC(=O)c1csc(-c2csc(CCN)n2)n1.CCCCCC(=O)c1csc(-c2csc(CCNC(=O)CCC(=O)O)n2)n1.CCCCCC(=O)c1csc(-c2csc(CCNC(=O)OCC3c4ccccc4-c4ccccc43)n2)n1.O=C(NCCc1nc(-c2nc(C(=O)O)cs2)cs1)OCC1c2ccccc2-c2ccccc21. The highest BCUT2D eigenvalue weighted by molar-refractivity contribution is 7.16. The number of rotatable bonds is 41. The first-order valence-electron chi connectivity index (χ1n) is 42.9. The minimum absolute atomic E-state index is 0.0153. The van der Waals surface area contributed by atoms with Gasteiger partial charge in [-0.05, 0) is 104 Å². The number of aromatic carboxylic acids is 1. The van der Waals surface area contributed by atoms with E-state index in [9.17, 15) is 43.2 Å². The maximum Gasteiger partial charge on any atom is 0.407 e. The summed E-state index contributed by atoms with van der Waals surface area (Å²) in [7, 11) is 0. The van der Waals surface area contributed by atoms with Gasteiger partial charge in [0.2, 0.25) is 5.91 Å². The van der Waals surface area contributed by atoms with E-state index in [1.54, 1.807) is 16.7 Å². The number of nitrogens with one attached hydrogen (secondary N) is 4. The summed E-state index contributed by atoms with van der Waals surface area (Å²) in [4.78, 5) is 141. The van der Waals surface area contributed by atoms with Gasteiger partial charge in [0.05, 0.1) is 26.5 Å². The topological polar surface area (TPSA) is 425 Å². The first-order chi connectivity index (χ1) is 62.4. The molecule has 2 aliphatic rings. The van der Waals surface area contributed by atoms with Crippen LogP contribution in [0.15, 0.2) is 140 Å². The molecule has 36 heteroatoms. The van der Waals surface area contributed by atoms with Crippen molar-refractivity contribution in [3.8, 4) is 65.1 Å². The van der Waals surface area contributed by atoms with Gasteiger partial charge in [0.1, 0.15) is 78.7 Å². The van der Waals surface area contributed by atoms with E-state index in [4.69, 9.17) is 35.9 Å². The number of Topliss-reactive ketones (excluding diaryl/α,β-unsaturated/α-hetero) is 3. The third-order valence-electron chi connectivity index (χ3n) is 19.7. The Labute approximate surface area is 782 Å². The van der Waals surface area contributed by atoms with Crippen molar-refractivity contribution in [3.63, 3.8) is 0 Å². The number of hydrogen-bond acceptors (Lipinski definition) is 30. The van der Waals surface area contributed by atoms with Crippen molar-refractivity contribution in [2.24, 2.45) is 11.5 Å². The van der Waals surface area contributed by atoms with E-state index in [0.29, 0.717) is 112 Å². The standard InChI is InChI=1S/C29H29N3O3S2.C24H19N3O4S2.C18H23N3O4S2.C14H19N3OS2.C8H18N2O2/c1-2-3-4-13-26(33)24-17-37-28(32-24)25-18-36-27(31-25)14-15-30-29(34)35-16-23-21-11-7-5-9-19(21)20-10-6-8-12-22(20)23;28-23(29)20-13-33-22(27-20)19-12-32-21(26-19)9-10-25-24(30)31-11-18-16-7-3-1-5-14(16)15-6-2-4-8-17(15)18;1-2-3-4-5-14(22)12-10-27-18(21-12)13-11-26-16(20-13)8-9-19-15(23)6-7-17(24)25;1-2-3-4-5-12(18)10-8-20-14(17-10)11-9-19-13(16-11)6-7-15;1-8(2,3)12-7(11)10-6-4-5-9/h5-12,17-18,23H,2-4,13-16H2,1H3,(H,30,34);1-8,12-13,18H,9-11H2,(H,25,30)(H,28,29);10-11H,2-9H2,1H3,(H,19,23)(H,24,25);8-9H,2-7,15H2,1H3;4-6,9H2,1-3H3,(H,10,11). The van der Waals surface area contributed by atoms with Crippen molar-refractivity contribution in [2.75, 3.05) is 52.5 Å². The van der Waals surface area contributed by atoms with E-state index in [0.717, 1.165) is 123 Å². The summed E-state index contributed by atoms with van der Waals surface area (Å²) in [6.07, 6.45) is 12.7. The molecule has 0 saturated carbocycles. The number of benzene rings is 4. The average molecular weight is 1900 g/mol. The van der Waals surface area contributed by atoms with Gasteiger partial charge in [0.25, 0.3) is 0 Å². The number of carbonyl (C=O) groups is 9. The van der Waals surface area contributed by atoms with E-state index >= 15 is 0 Å². The lowest BCUT2D eigenvalue weighted by molar-refractivity contribution is -0.138. The molecular formula is C93H108N14O14S8. The lowest BCUT2D eigenvalue weighted by Crippen LogP contribution is -2.33. The van der Waals surface area contributed by atoms with Gasteiger partial charge in [0, 0.05) is 132 Å². The van der Waals surface area contributed by atoms with E-state index < -0.39 is 29.7 Å². The van der Waals surface area contributed by atoms with Gasteiger partial charge in [-0.3, -0.25) is 24.0 Å². The zero-order valence-electron chi connectivity index (χ0n) is 72.9. The summed E-state index contributed by atoms with van der Waals surface area (Å²) >= 11 is 11.6. The number of fused-ring (bicyclic) bond motifs is 6. The Morgan fingerprint density at radius 1 is 0.364 bits per heavy atom. The van der Waals surface area contributed by atoms with Gasteiger partial charge in [-0.2, -0.15) is 0 Å². The van der Waals surface area contributed by atoms with Crippen LogP contribution in [0.5, 0.6) is 0 Å². The zero-order chi connectivity index (χ0) is 92.0. The molecule has 0 aliphatic heterocycles. The molecule has 8 aromatic heterocycles. The number of thiazole rings is 8. The molecule has 4 aromatic carbocycles. The molecule has 129 heavy (non-hydrogen) atoms. The molecule has 14 rings (SSSR count).